The largest absolute Gasteiger partial charge is 0.484 e. The van der Waals surface area contributed by atoms with Crippen molar-refractivity contribution in [3.63, 3.8) is 0 Å². The summed E-state index contributed by atoms with van der Waals surface area (Å²) >= 11 is 0. The number of carbonyl (C=O) groups excluding carboxylic acids is 1. The van der Waals surface area contributed by atoms with Crippen molar-refractivity contribution in [3.8, 4) is 5.75 Å². The molecule has 1 aromatic carbocycles. The first-order chi connectivity index (χ1) is 7.27. The van der Waals surface area contributed by atoms with E-state index in [4.69, 9.17) is 4.74 Å². The number of para-hydroxylation sites is 1. The van der Waals surface area contributed by atoms with Crippen LogP contribution in [0.15, 0.2) is 36.5 Å². The average Bonchev–Trinajstić information content (AvgIpc) is 2.26. The minimum Gasteiger partial charge on any atom is -0.484 e. The fourth-order valence-corrected chi connectivity index (χ4v) is 1.37. The highest BCUT2D eigenvalue weighted by atomic mass is 16.5. The van der Waals surface area contributed by atoms with Crippen LogP contribution in [-0.2, 0) is 4.79 Å². The molecule has 1 aromatic heterocycles. The molecule has 0 unspecified atom stereocenters. The number of hydrogen-bond donors (Lipinski definition) is 0. The number of fused-ring (bicyclic) bond motifs is 1. The van der Waals surface area contributed by atoms with Gasteiger partial charge < -0.3 is 4.74 Å². The minimum absolute atomic E-state index is 0.00272. The third kappa shape index (κ3) is 2.13. The first-order valence-corrected chi connectivity index (χ1v) is 4.73. The summed E-state index contributed by atoms with van der Waals surface area (Å²) in [6.07, 6.45) is 1.71. The average molecular weight is 201 g/mol. The van der Waals surface area contributed by atoms with Gasteiger partial charge >= 0.3 is 0 Å². The van der Waals surface area contributed by atoms with E-state index in [0.29, 0.717) is 5.75 Å². The zero-order chi connectivity index (χ0) is 10.7. The van der Waals surface area contributed by atoms with Crippen molar-refractivity contribution < 1.29 is 9.53 Å². The number of ether oxygens (including phenoxy) is 1. The molecule has 2 rings (SSSR count). The molecule has 0 saturated heterocycles. The van der Waals surface area contributed by atoms with E-state index < -0.39 is 0 Å². The summed E-state index contributed by atoms with van der Waals surface area (Å²) < 4.78 is 5.37. The molecule has 0 amide bonds. The van der Waals surface area contributed by atoms with Crippen LogP contribution in [0.1, 0.15) is 6.92 Å². The van der Waals surface area contributed by atoms with Gasteiger partial charge in [-0.15, -0.1) is 0 Å². The summed E-state index contributed by atoms with van der Waals surface area (Å²) in [5.41, 5.74) is 0.793. The van der Waals surface area contributed by atoms with Crippen molar-refractivity contribution in [3.05, 3.63) is 36.5 Å². The molecule has 1 heterocycles. The number of hydrogen-bond acceptors (Lipinski definition) is 3. The van der Waals surface area contributed by atoms with Gasteiger partial charge in [-0.3, -0.25) is 9.78 Å². The van der Waals surface area contributed by atoms with Crippen molar-refractivity contribution in [1.82, 2.24) is 4.98 Å². The lowest BCUT2D eigenvalue weighted by molar-refractivity contribution is -0.118. The third-order valence-electron chi connectivity index (χ3n) is 2.03. The standard InChI is InChI=1S/C12H11NO2/c1-9(14)8-15-11-6-2-4-10-5-3-7-13-12(10)11/h2-7H,8H2,1H3. The SMILES string of the molecule is CC(=O)COc1cccc2cccnc12. The monoisotopic (exact) mass is 201 g/mol. The van der Waals surface area contributed by atoms with E-state index in [9.17, 15) is 4.79 Å². The molecule has 0 aliphatic heterocycles. The quantitative estimate of drug-likeness (QED) is 0.764. The topological polar surface area (TPSA) is 39.2 Å². The molecule has 0 atom stereocenters. The molecule has 0 fully saturated rings. The smallest absolute Gasteiger partial charge is 0.167 e. The Kier molecular flexibility index (Phi) is 2.63. The van der Waals surface area contributed by atoms with Gasteiger partial charge in [-0.1, -0.05) is 18.2 Å². The minimum atomic E-state index is 0.00272. The lowest BCUT2D eigenvalue weighted by atomic mass is 10.2. The Balaban J connectivity index is 2.38. The zero-order valence-corrected chi connectivity index (χ0v) is 8.43. The number of rotatable bonds is 3. The molecule has 0 radical (unpaired) electrons. The van der Waals surface area contributed by atoms with Crippen LogP contribution in [0.2, 0.25) is 0 Å². The van der Waals surface area contributed by atoms with Crippen molar-refractivity contribution in [2.75, 3.05) is 6.61 Å². The molecule has 0 aliphatic carbocycles. The van der Waals surface area contributed by atoms with Gasteiger partial charge in [0.25, 0.3) is 0 Å². The van der Waals surface area contributed by atoms with Gasteiger partial charge in [-0.05, 0) is 19.1 Å². The Labute approximate surface area is 87.7 Å². The number of aromatic nitrogens is 1. The van der Waals surface area contributed by atoms with E-state index in [2.05, 4.69) is 4.98 Å². The van der Waals surface area contributed by atoms with Gasteiger partial charge in [0.2, 0.25) is 0 Å². The van der Waals surface area contributed by atoms with E-state index in [1.807, 2.05) is 30.3 Å². The van der Waals surface area contributed by atoms with E-state index in [1.54, 1.807) is 6.20 Å². The number of Topliss-reactive ketones (excluding diaryl/α,β-unsaturated/α-hetero) is 1. The summed E-state index contributed by atoms with van der Waals surface area (Å²) in [4.78, 5) is 15.0. The molecule has 76 valence electrons. The van der Waals surface area contributed by atoms with Crippen LogP contribution in [0.4, 0.5) is 0 Å². The van der Waals surface area contributed by atoms with Gasteiger partial charge in [0.15, 0.2) is 5.78 Å². The van der Waals surface area contributed by atoms with E-state index >= 15 is 0 Å². The number of ketones is 1. The normalized spacial score (nSPS) is 10.2. The molecule has 0 aliphatic rings. The molecule has 0 bridgehead atoms. The van der Waals surface area contributed by atoms with E-state index in [1.165, 1.54) is 6.92 Å². The second kappa shape index (κ2) is 4.09. The Bertz CT molecular complexity index is 488. The number of benzene rings is 1. The van der Waals surface area contributed by atoms with Gasteiger partial charge in [0, 0.05) is 11.6 Å². The molecular formula is C12H11NO2. The Hall–Kier alpha value is -1.90. The zero-order valence-electron chi connectivity index (χ0n) is 8.43. The summed E-state index contributed by atoms with van der Waals surface area (Å²) in [6.45, 7) is 1.59. The molecule has 0 N–H and O–H groups in total. The van der Waals surface area contributed by atoms with Crippen LogP contribution < -0.4 is 4.74 Å². The lowest BCUT2D eigenvalue weighted by Gasteiger charge is -2.06. The molecule has 2 aromatic rings. The van der Waals surface area contributed by atoms with Gasteiger partial charge in [-0.2, -0.15) is 0 Å². The maximum Gasteiger partial charge on any atom is 0.167 e. The number of pyridine rings is 1. The van der Waals surface area contributed by atoms with Crippen LogP contribution in [0.3, 0.4) is 0 Å². The lowest BCUT2D eigenvalue weighted by Crippen LogP contribution is -2.06. The van der Waals surface area contributed by atoms with E-state index in [-0.39, 0.29) is 12.4 Å². The summed E-state index contributed by atoms with van der Waals surface area (Å²) in [5.74, 6) is 0.659. The van der Waals surface area contributed by atoms with Gasteiger partial charge in [-0.25, -0.2) is 0 Å². The van der Waals surface area contributed by atoms with Crippen LogP contribution >= 0.6 is 0 Å². The fraction of sp³-hybridized carbons (Fsp3) is 0.167. The van der Waals surface area contributed by atoms with Crippen molar-refractivity contribution in [1.29, 1.82) is 0 Å². The Morgan fingerprint density at radius 1 is 1.33 bits per heavy atom. The van der Waals surface area contributed by atoms with Gasteiger partial charge in [0.05, 0.1) is 0 Å². The predicted octanol–water partition coefficient (Wildman–Crippen LogP) is 2.20. The maximum atomic E-state index is 10.8. The van der Waals surface area contributed by atoms with Crippen LogP contribution in [0.25, 0.3) is 10.9 Å². The van der Waals surface area contributed by atoms with Crippen LogP contribution in [0.5, 0.6) is 5.75 Å². The summed E-state index contributed by atoms with van der Waals surface area (Å²) in [5, 5.41) is 1.01. The second-order valence-electron chi connectivity index (χ2n) is 3.32. The first kappa shape index (κ1) is 9.65. The predicted molar refractivity (Wildman–Crippen MR) is 57.9 cm³/mol. The van der Waals surface area contributed by atoms with Crippen molar-refractivity contribution in [2.24, 2.45) is 0 Å². The maximum absolute atomic E-state index is 10.8. The van der Waals surface area contributed by atoms with Crippen LogP contribution in [-0.4, -0.2) is 17.4 Å². The van der Waals surface area contributed by atoms with Crippen molar-refractivity contribution >= 4 is 16.7 Å². The second-order valence-corrected chi connectivity index (χ2v) is 3.32. The molecule has 3 heteroatoms. The molecule has 15 heavy (non-hydrogen) atoms. The van der Waals surface area contributed by atoms with Crippen molar-refractivity contribution in [2.45, 2.75) is 6.92 Å². The Morgan fingerprint density at radius 3 is 2.93 bits per heavy atom. The molecule has 0 spiro atoms. The summed E-state index contributed by atoms with van der Waals surface area (Å²) in [7, 11) is 0. The highest BCUT2D eigenvalue weighted by molar-refractivity contribution is 5.84. The molecule has 3 nitrogen and oxygen atoms in total. The van der Waals surface area contributed by atoms with Crippen LogP contribution in [0, 0.1) is 0 Å². The first-order valence-electron chi connectivity index (χ1n) is 4.73. The third-order valence-corrected chi connectivity index (χ3v) is 2.03. The highest BCUT2D eigenvalue weighted by Crippen LogP contribution is 2.22. The van der Waals surface area contributed by atoms with Gasteiger partial charge in [0.1, 0.15) is 17.9 Å². The highest BCUT2D eigenvalue weighted by Gasteiger charge is 2.03. The Morgan fingerprint density at radius 2 is 2.13 bits per heavy atom. The fourth-order valence-electron chi connectivity index (χ4n) is 1.37. The molecular weight excluding hydrogens is 190 g/mol. The number of carbonyl (C=O) groups is 1. The van der Waals surface area contributed by atoms with E-state index in [0.717, 1.165) is 10.9 Å². The number of nitrogens with zero attached hydrogens (tertiary/aromatic N) is 1. The molecule has 0 saturated carbocycles. The summed E-state index contributed by atoms with van der Waals surface area (Å²) in [6, 6.07) is 9.50.